The topological polar surface area (TPSA) is 101 Å². The number of unbranched alkanes of at least 4 members (excludes halogenated alkanes) is 3. The average molecular weight is 302 g/mol. The second-order valence-electron chi connectivity index (χ2n) is 5.42. The van der Waals surface area contributed by atoms with Gasteiger partial charge in [-0.3, -0.25) is 5.10 Å². The van der Waals surface area contributed by atoms with Crippen molar-refractivity contribution >= 4 is 10.0 Å². The molecule has 0 aromatic carbocycles. The zero-order valence-electron chi connectivity index (χ0n) is 12.4. The molecule has 1 aromatic rings. The highest BCUT2D eigenvalue weighted by Crippen LogP contribution is 2.12. The van der Waals surface area contributed by atoms with Crippen LogP contribution in [0, 0.1) is 5.92 Å². The molecule has 0 radical (unpaired) electrons. The molecule has 1 aromatic heterocycles. The largest absolute Gasteiger partial charge is 0.326 e. The van der Waals surface area contributed by atoms with E-state index in [1.807, 2.05) is 0 Å². The second-order valence-corrected chi connectivity index (χ2v) is 7.13. The molecule has 0 saturated carbocycles. The molecule has 0 bridgehead atoms. The van der Waals surface area contributed by atoms with Crippen LogP contribution in [0.5, 0.6) is 0 Å². The molecule has 0 aliphatic heterocycles. The van der Waals surface area contributed by atoms with Gasteiger partial charge in [0.25, 0.3) is 10.0 Å². The van der Waals surface area contributed by atoms with Crippen molar-refractivity contribution in [2.75, 3.05) is 6.54 Å². The van der Waals surface area contributed by atoms with E-state index in [1.54, 1.807) is 0 Å². The summed E-state index contributed by atoms with van der Waals surface area (Å²) in [6, 6.07) is 0. The number of aromatic amines is 1. The smallest absolute Gasteiger partial charge is 0.257 e. The van der Waals surface area contributed by atoms with Crippen molar-refractivity contribution in [3.05, 3.63) is 11.8 Å². The van der Waals surface area contributed by atoms with E-state index in [2.05, 4.69) is 28.8 Å². The van der Waals surface area contributed by atoms with Gasteiger partial charge in [0.15, 0.2) is 5.03 Å². The lowest BCUT2D eigenvalue weighted by Gasteiger charge is -2.07. The van der Waals surface area contributed by atoms with Crippen molar-refractivity contribution in [2.45, 2.75) is 57.5 Å². The van der Waals surface area contributed by atoms with Gasteiger partial charge in [-0.1, -0.05) is 39.5 Å². The molecule has 1 rings (SSSR count). The van der Waals surface area contributed by atoms with Crippen LogP contribution in [0.2, 0.25) is 0 Å². The maximum absolute atomic E-state index is 12.0. The summed E-state index contributed by atoms with van der Waals surface area (Å²) in [5.41, 5.74) is 5.98. The predicted octanol–water partition coefficient (Wildman–Crippen LogP) is 1.75. The summed E-state index contributed by atoms with van der Waals surface area (Å²) in [6.45, 7) is 5.04. The first-order chi connectivity index (χ1) is 9.47. The molecule has 0 aliphatic rings. The van der Waals surface area contributed by atoms with Gasteiger partial charge in [0.1, 0.15) is 0 Å². The Balaban J connectivity index is 2.27. The SMILES string of the molecule is CC(C)CCCCCCNS(=O)(=O)c1[nH]ncc1CN. The first-order valence-corrected chi connectivity index (χ1v) is 8.67. The molecule has 0 atom stereocenters. The maximum atomic E-state index is 12.0. The van der Waals surface area contributed by atoms with E-state index in [4.69, 9.17) is 5.73 Å². The first kappa shape index (κ1) is 17.1. The number of rotatable bonds is 10. The highest BCUT2D eigenvalue weighted by atomic mass is 32.2. The Hall–Kier alpha value is -0.920. The zero-order valence-corrected chi connectivity index (χ0v) is 13.2. The summed E-state index contributed by atoms with van der Waals surface area (Å²) < 4.78 is 26.6. The van der Waals surface area contributed by atoms with Crippen molar-refractivity contribution in [3.8, 4) is 0 Å². The normalized spacial score (nSPS) is 12.2. The van der Waals surface area contributed by atoms with Crippen LogP contribution in [-0.2, 0) is 16.6 Å². The van der Waals surface area contributed by atoms with Crippen molar-refractivity contribution in [1.29, 1.82) is 0 Å². The van der Waals surface area contributed by atoms with Crippen molar-refractivity contribution < 1.29 is 8.42 Å². The number of nitrogens with two attached hydrogens (primary N) is 1. The molecule has 0 saturated heterocycles. The minimum Gasteiger partial charge on any atom is -0.326 e. The highest BCUT2D eigenvalue weighted by molar-refractivity contribution is 7.89. The molecular weight excluding hydrogens is 276 g/mol. The van der Waals surface area contributed by atoms with Crippen molar-refractivity contribution in [2.24, 2.45) is 11.7 Å². The Morgan fingerprint density at radius 1 is 1.30 bits per heavy atom. The van der Waals surface area contributed by atoms with Crippen LogP contribution in [-0.4, -0.2) is 25.2 Å². The molecule has 0 aliphatic carbocycles. The number of sulfonamides is 1. The summed E-state index contributed by atoms with van der Waals surface area (Å²) >= 11 is 0. The lowest BCUT2D eigenvalue weighted by Crippen LogP contribution is -2.26. The van der Waals surface area contributed by atoms with Crippen molar-refractivity contribution in [1.82, 2.24) is 14.9 Å². The van der Waals surface area contributed by atoms with Gasteiger partial charge in [0.05, 0.1) is 6.20 Å². The van der Waals surface area contributed by atoms with E-state index in [-0.39, 0.29) is 11.6 Å². The molecule has 116 valence electrons. The van der Waals surface area contributed by atoms with Gasteiger partial charge in [-0.15, -0.1) is 0 Å². The summed E-state index contributed by atoms with van der Waals surface area (Å²) in [5, 5.41) is 6.29. The molecule has 0 unspecified atom stereocenters. The molecule has 7 heteroatoms. The Morgan fingerprint density at radius 2 is 2.00 bits per heavy atom. The molecule has 4 N–H and O–H groups in total. The van der Waals surface area contributed by atoms with Gasteiger partial charge in [-0.25, -0.2) is 13.1 Å². The van der Waals surface area contributed by atoms with Crippen molar-refractivity contribution in [3.63, 3.8) is 0 Å². The minimum atomic E-state index is -3.51. The summed E-state index contributed by atoms with van der Waals surface area (Å²) in [4.78, 5) is 0. The molecular formula is C13H26N4O2S. The van der Waals surface area contributed by atoms with Gasteiger partial charge in [0.2, 0.25) is 0 Å². The number of hydrogen-bond donors (Lipinski definition) is 3. The molecule has 6 nitrogen and oxygen atoms in total. The lowest BCUT2D eigenvalue weighted by atomic mass is 10.0. The zero-order chi connectivity index (χ0) is 15.0. The van der Waals surface area contributed by atoms with Gasteiger partial charge >= 0.3 is 0 Å². The van der Waals surface area contributed by atoms with E-state index >= 15 is 0 Å². The fourth-order valence-electron chi connectivity index (χ4n) is 1.99. The number of H-pyrrole nitrogens is 1. The van der Waals surface area contributed by atoms with E-state index in [9.17, 15) is 8.42 Å². The number of hydrogen-bond acceptors (Lipinski definition) is 4. The van der Waals surface area contributed by atoms with Crippen LogP contribution in [0.15, 0.2) is 11.2 Å². The van der Waals surface area contributed by atoms with Gasteiger partial charge in [-0.2, -0.15) is 5.10 Å². The third-order valence-electron chi connectivity index (χ3n) is 3.17. The van der Waals surface area contributed by atoms with Crippen LogP contribution in [0.1, 0.15) is 51.5 Å². The van der Waals surface area contributed by atoms with Gasteiger partial charge in [0, 0.05) is 18.7 Å². The minimum absolute atomic E-state index is 0.0832. The number of aromatic nitrogens is 2. The van der Waals surface area contributed by atoms with E-state index in [0.717, 1.165) is 25.2 Å². The van der Waals surface area contributed by atoms with Crippen LogP contribution in [0.25, 0.3) is 0 Å². The third kappa shape index (κ3) is 5.60. The quantitative estimate of drug-likeness (QED) is 0.573. The maximum Gasteiger partial charge on any atom is 0.257 e. The molecule has 20 heavy (non-hydrogen) atoms. The predicted molar refractivity (Wildman–Crippen MR) is 79.6 cm³/mol. The third-order valence-corrected chi connectivity index (χ3v) is 4.64. The van der Waals surface area contributed by atoms with Crippen LogP contribution >= 0.6 is 0 Å². The van der Waals surface area contributed by atoms with E-state index < -0.39 is 10.0 Å². The van der Waals surface area contributed by atoms with E-state index in [0.29, 0.717) is 12.1 Å². The lowest BCUT2D eigenvalue weighted by molar-refractivity contribution is 0.517. The second kappa shape index (κ2) is 8.39. The molecule has 0 fully saturated rings. The van der Waals surface area contributed by atoms with E-state index in [1.165, 1.54) is 19.0 Å². The van der Waals surface area contributed by atoms with Gasteiger partial charge < -0.3 is 5.73 Å². The Morgan fingerprint density at radius 3 is 2.65 bits per heavy atom. The Bertz CT molecular complexity index is 482. The summed E-state index contributed by atoms with van der Waals surface area (Å²) in [7, 11) is -3.51. The van der Waals surface area contributed by atoms with Crippen LogP contribution in [0.3, 0.4) is 0 Å². The fourth-order valence-corrected chi connectivity index (χ4v) is 3.20. The molecule has 0 amide bonds. The standard InChI is InChI=1S/C13H26N4O2S/c1-11(2)7-5-3-4-6-8-16-20(18,19)13-12(9-14)10-15-17-13/h10-11,16H,3-9,14H2,1-2H3,(H,15,17). The number of nitrogens with one attached hydrogen (secondary N) is 2. The highest BCUT2D eigenvalue weighted by Gasteiger charge is 2.19. The molecule has 0 spiro atoms. The average Bonchev–Trinajstić information content (AvgIpc) is 2.86. The Kier molecular flexibility index (Phi) is 7.18. The fraction of sp³-hybridized carbons (Fsp3) is 0.769. The summed E-state index contributed by atoms with van der Waals surface area (Å²) in [5.74, 6) is 0.739. The van der Waals surface area contributed by atoms with Crippen LogP contribution in [0.4, 0.5) is 0 Å². The number of nitrogens with zero attached hydrogens (tertiary/aromatic N) is 1. The molecule has 1 heterocycles. The van der Waals surface area contributed by atoms with Crippen LogP contribution < -0.4 is 10.5 Å². The van der Waals surface area contributed by atoms with Gasteiger partial charge in [-0.05, 0) is 12.3 Å². The first-order valence-electron chi connectivity index (χ1n) is 7.19. The summed E-state index contributed by atoms with van der Waals surface area (Å²) in [6.07, 6.45) is 6.94. The monoisotopic (exact) mass is 302 g/mol. The Labute approximate surface area is 121 Å².